The molecule has 2 aromatic rings. The lowest BCUT2D eigenvalue weighted by Gasteiger charge is -2.29. The van der Waals surface area contributed by atoms with Crippen LogP contribution in [0, 0.1) is 5.92 Å². The Morgan fingerprint density at radius 3 is 2.89 bits per heavy atom. The van der Waals surface area contributed by atoms with Crippen LogP contribution in [0.1, 0.15) is 28.0 Å². The molecule has 0 saturated carbocycles. The van der Waals surface area contributed by atoms with Crippen molar-refractivity contribution in [1.82, 2.24) is 9.80 Å². The van der Waals surface area contributed by atoms with E-state index in [-0.39, 0.29) is 11.8 Å². The summed E-state index contributed by atoms with van der Waals surface area (Å²) in [5, 5.41) is 2.07. The summed E-state index contributed by atoms with van der Waals surface area (Å²) < 4.78 is 38.6. The van der Waals surface area contributed by atoms with Gasteiger partial charge in [0.1, 0.15) is 0 Å². The standard InChI is InChI=1S/C20H21F3N2OS/c21-20(22,23)17-3-1-2-14(10-17)11-24-7-4-16(12-24)19(26)25-8-5-18-15(13-25)6-9-27-18/h1-3,6,9-10,16H,4-5,7-8,11-13H2. The van der Waals surface area contributed by atoms with Gasteiger partial charge in [0, 0.05) is 31.1 Å². The van der Waals surface area contributed by atoms with Crippen molar-refractivity contribution >= 4 is 17.2 Å². The maximum absolute atomic E-state index is 12.9. The minimum absolute atomic E-state index is 0.0593. The third-order valence-corrected chi connectivity index (χ3v) is 6.42. The molecule has 0 aliphatic carbocycles. The van der Waals surface area contributed by atoms with Crippen molar-refractivity contribution in [1.29, 1.82) is 0 Å². The van der Waals surface area contributed by atoms with Gasteiger partial charge in [-0.15, -0.1) is 11.3 Å². The quantitative estimate of drug-likeness (QED) is 0.780. The number of benzene rings is 1. The fourth-order valence-corrected chi connectivity index (χ4v) is 4.87. The minimum atomic E-state index is -4.33. The maximum atomic E-state index is 12.9. The van der Waals surface area contributed by atoms with Crippen LogP contribution >= 0.6 is 11.3 Å². The van der Waals surface area contributed by atoms with E-state index in [1.165, 1.54) is 22.6 Å². The molecule has 1 aromatic heterocycles. The molecule has 144 valence electrons. The van der Waals surface area contributed by atoms with Crippen LogP contribution in [0.4, 0.5) is 13.2 Å². The number of hydrogen-bond acceptors (Lipinski definition) is 3. The molecule has 2 aliphatic heterocycles. The van der Waals surface area contributed by atoms with Gasteiger partial charge in [0.15, 0.2) is 0 Å². The highest BCUT2D eigenvalue weighted by Crippen LogP contribution is 2.31. The number of alkyl halides is 3. The zero-order chi connectivity index (χ0) is 19.0. The Morgan fingerprint density at radius 2 is 2.07 bits per heavy atom. The number of thiophene rings is 1. The summed E-state index contributed by atoms with van der Waals surface area (Å²) in [7, 11) is 0. The molecule has 1 unspecified atom stereocenters. The van der Waals surface area contributed by atoms with Gasteiger partial charge in [-0.05, 0) is 48.0 Å². The highest BCUT2D eigenvalue weighted by Gasteiger charge is 2.34. The van der Waals surface area contributed by atoms with Crippen LogP contribution in [-0.4, -0.2) is 35.3 Å². The van der Waals surface area contributed by atoms with Crippen molar-refractivity contribution in [3.05, 3.63) is 57.3 Å². The molecule has 1 amide bonds. The van der Waals surface area contributed by atoms with E-state index < -0.39 is 11.7 Å². The summed E-state index contributed by atoms with van der Waals surface area (Å²) in [5.41, 5.74) is 1.27. The number of rotatable bonds is 3. The molecule has 2 aliphatic rings. The number of fused-ring (bicyclic) bond motifs is 1. The Balaban J connectivity index is 1.36. The van der Waals surface area contributed by atoms with Gasteiger partial charge in [-0.2, -0.15) is 13.2 Å². The summed E-state index contributed by atoms with van der Waals surface area (Å²) >= 11 is 1.75. The van der Waals surface area contributed by atoms with Crippen molar-refractivity contribution in [2.24, 2.45) is 5.92 Å². The minimum Gasteiger partial charge on any atom is -0.338 e. The van der Waals surface area contributed by atoms with E-state index in [2.05, 4.69) is 16.3 Å². The van der Waals surface area contributed by atoms with Gasteiger partial charge >= 0.3 is 6.18 Å². The molecule has 27 heavy (non-hydrogen) atoms. The van der Waals surface area contributed by atoms with Crippen LogP contribution in [0.2, 0.25) is 0 Å². The smallest absolute Gasteiger partial charge is 0.338 e. The van der Waals surface area contributed by atoms with Gasteiger partial charge < -0.3 is 4.90 Å². The topological polar surface area (TPSA) is 23.6 Å². The average Bonchev–Trinajstić information content (AvgIpc) is 3.29. The van der Waals surface area contributed by atoms with E-state index >= 15 is 0 Å². The fourth-order valence-electron chi connectivity index (χ4n) is 3.98. The molecule has 4 rings (SSSR count). The molecule has 1 aromatic carbocycles. The first-order valence-corrected chi connectivity index (χ1v) is 10.0. The van der Waals surface area contributed by atoms with Crippen LogP contribution in [-0.2, 0) is 30.5 Å². The first-order chi connectivity index (χ1) is 12.9. The summed E-state index contributed by atoms with van der Waals surface area (Å²) in [6.45, 7) is 3.24. The van der Waals surface area contributed by atoms with Crippen LogP contribution < -0.4 is 0 Å². The molecule has 0 N–H and O–H groups in total. The maximum Gasteiger partial charge on any atom is 0.416 e. The Hall–Kier alpha value is -1.86. The number of carbonyl (C=O) groups is 1. The zero-order valence-corrected chi connectivity index (χ0v) is 15.7. The Morgan fingerprint density at radius 1 is 1.22 bits per heavy atom. The van der Waals surface area contributed by atoms with Gasteiger partial charge in [0.2, 0.25) is 5.91 Å². The van der Waals surface area contributed by atoms with Crippen molar-refractivity contribution in [3.8, 4) is 0 Å². The van der Waals surface area contributed by atoms with Gasteiger partial charge in [-0.25, -0.2) is 0 Å². The van der Waals surface area contributed by atoms with Crippen molar-refractivity contribution in [2.75, 3.05) is 19.6 Å². The molecule has 1 saturated heterocycles. The molecule has 0 spiro atoms. The number of hydrogen-bond donors (Lipinski definition) is 0. The highest BCUT2D eigenvalue weighted by atomic mass is 32.1. The monoisotopic (exact) mass is 394 g/mol. The van der Waals surface area contributed by atoms with E-state index in [1.807, 2.05) is 4.90 Å². The number of carbonyl (C=O) groups excluding carboxylic acids is 1. The molecular weight excluding hydrogens is 373 g/mol. The van der Waals surface area contributed by atoms with Crippen molar-refractivity contribution in [3.63, 3.8) is 0 Å². The molecule has 1 fully saturated rings. The van der Waals surface area contributed by atoms with Gasteiger partial charge in [0.25, 0.3) is 0 Å². The van der Waals surface area contributed by atoms with Crippen LogP contribution in [0.15, 0.2) is 35.7 Å². The van der Waals surface area contributed by atoms with Crippen molar-refractivity contribution < 1.29 is 18.0 Å². The second-order valence-corrected chi connectivity index (χ2v) is 8.30. The second kappa shape index (κ2) is 7.28. The Kier molecular flexibility index (Phi) is 4.99. The van der Waals surface area contributed by atoms with E-state index in [0.29, 0.717) is 25.2 Å². The number of amides is 1. The van der Waals surface area contributed by atoms with Crippen LogP contribution in [0.25, 0.3) is 0 Å². The lowest BCUT2D eigenvalue weighted by Crippen LogP contribution is -2.40. The fraction of sp³-hybridized carbons (Fsp3) is 0.450. The number of halogens is 3. The first kappa shape index (κ1) is 18.5. The molecule has 3 nitrogen and oxygen atoms in total. The van der Waals surface area contributed by atoms with E-state index in [4.69, 9.17) is 0 Å². The molecular formula is C20H21F3N2OS. The molecule has 7 heteroatoms. The molecule has 3 heterocycles. The van der Waals surface area contributed by atoms with E-state index in [0.717, 1.165) is 32.0 Å². The van der Waals surface area contributed by atoms with Gasteiger partial charge in [0.05, 0.1) is 11.5 Å². The summed E-state index contributed by atoms with van der Waals surface area (Å²) in [5.74, 6) is 0.120. The third-order valence-electron chi connectivity index (χ3n) is 5.40. The summed E-state index contributed by atoms with van der Waals surface area (Å²) in [6, 6.07) is 7.55. The highest BCUT2D eigenvalue weighted by molar-refractivity contribution is 7.10. The largest absolute Gasteiger partial charge is 0.416 e. The SMILES string of the molecule is O=C(C1CCN(Cc2cccc(C(F)(F)F)c2)C1)N1CCc2sccc2C1. The third kappa shape index (κ3) is 4.04. The lowest BCUT2D eigenvalue weighted by molar-refractivity contribution is -0.137. The Bertz CT molecular complexity index is 833. The Labute approximate surface area is 160 Å². The van der Waals surface area contributed by atoms with Crippen molar-refractivity contribution in [2.45, 2.75) is 32.1 Å². The molecule has 1 atom stereocenters. The molecule has 0 radical (unpaired) electrons. The summed E-state index contributed by atoms with van der Waals surface area (Å²) in [4.78, 5) is 18.3. The number of likely N-dealkylation sites (tertiary alicyclic amines) is 1. The normalized spacial score (nSPS) is 20.7. The predicted octanol–water partition coefficient (Wildman–Crippen LogP) is 4.17. The van der Waals surface area contributed by atoms with Gasteiger partial charge in [-0.3, -0.25) is 9.69 Å². The summed E-state index contributed by atoms with van der Waals surface area (Å²) in [6.07, 6.45) is -2.64. The van der Waals surface area contributed by atoms with E-state index in [1.54, 1.807) is 17.4 Å². The second-order valence-electron chi connectivity index (χ2n) is 7.30. The van der Waals surface area contributed by atoms with E-state index in [9.17, 15) is 18.0 Å². The van der Waals surface area contributed by atoms with Crippen LogP contribution in [0.5, 0.6) is 0 Å². The molecule has 0 bridgehead atoms. The zero-order valence-electron chi connectivity index (χ0n) is 14.8. The lowest BCUT2D eigenvalue weighted by atomic mass is 10.0. The first-order valence-electron chi connectivity index (χ1n) is 9.12. The number of nitrogens with zero attached hydrogens (tertiary/aromatic N) is 2. The predicted molar refractivity (Wildman–Crippen MR) is 98.3 cm³/mol. The van der Waals surface area contributed by atoms with Crippen LogP contribution in [0.3, 0.4) is 0 Å². The average molecular weight is 394 g/mol. The van der Waals surface area contributed by atoms with Gasteiger partial charge in [-0.1, -0.05) is 18.2 Å².